The first kappa shape index (κ1) is 16.7. The van der Waals surface area contributed by atoms with Crippen molar-refractivity contribution in [3.8, 4) is 0 Å². The molecule has 23 heavy (non-hydrogen) atoms. The van der Waals surface area contributed by atoms with Crippen molar-refractivity contribution < 1.29 is 14.3 Å². The number of hydrogen-bond donors (Lipinski definition) is 0. The summed E-state index contributed by atoms with van der Waals surface area (Å²) in [7, 11) is 1.73. The van der Waals surface area contributed by atoms with Crippen molar-refractivity contribution in [2.45, 2.75) is 31.3 Å². The van der Waals surface area contributed by atoms with E-state index in [1.54, 1.807) is 7.11 Å². The summed E-state index contributed by atoms with van der Waals surface area (Å²) in [6.07, 6.45) is 3.40. The first-order valence-corrected chi connectivity index (χ1v) is 8.66. The number of methoxy groups -OCH3 is 1. The largest absolute Gasteiger partial charge is 0.385 e. The van der Waals surface area contributed by atoms with Crippen LogP contribution in [0.2, 0.25) is 5.02 Å². The van der Waals surface area contributed by atoms with Gasteiger partial charge in [0, 0.05) is 31.8 Å². The second-order valence-corrected chi connectivity index (χ2v) is 6.99. The maximum absolute atomic E-state index is 12.3. The van der Waals surface area contributed by atoms with Gasteiger partial charge in [-0.15, -0.1) is 0 Å². The third-order valence-electron chi connectivity index (χ3n) is 5.08. The van der Waals surface area contributed by atoms with Crippen molar-refractivity contribution in [2.75, 3.05) is 33.4 Å². The fourth-order valence-electron chi connectivity index (χ4n) is 3.64. The van der Waals surface area contributed by atoms with Gasteiger partial charge in [-0.1, -0.05) is 23.7 Å². The summed E-state index contributed by atoms with van der Waals surface area (Å²) in [6, 6.07) is 7.70. The first-order valence-electron chi connectivity index (χ1n) is 8.28. The lowest BCUT2D eigenvalue weighted by molar-refractivity contribution is -0.166. The molecule has 0 N–H and O–H groups in total. The van der Waals surface area contributed by atoms with E-state index in [9.17, 15) is 4.79 Å². The van der Waals surface area contributed by atoms with Gasteiger partial charge in [-0.25, -0.2) is 0 Å². The third kappa shape index (κ3) is 3.70. The first-order chi connectivity index (χ1) is 11.1. The molecule has 1 aromatic rings. The van der Waals surface area contributed by atoms with Crippen LogP contribution in [0.5, 0.6) is 0 Å². The van der Waals surface area contributed by atoms with Crippen LogP contribution < -0.4 is 0 Å². The van der Waals surface area contributed by atoms with Crippen LogP contribution in [-0.4, -0.2) is 49.8 Å². The Morgan fingerprint density at radius 1 is 1.39 bits per heavy atom. The summed E-state index contributed by atoms with van der Waals surface area (Å²) >= 11 is 5.88. The zero-order valence-corrected chi connectivity index (χ0v) is 14.3. The third-order valence-corrected chi connectivity index (χ3v) is 5.33. The van der Waals surface area contributed by atoms with Gasteiger partial charge in [0.25, 0.3) is 0 Å². The molecule has 2 saturated heterocycles. The summed E-state index contributed by atoms with van der Waals surface area (Å²) in [5.74, 6) is 0.731. The molecule has 4 nitrogen and oxygen atoms in total. The van der Waals surface area contributed by atoms with Gasteiger partial charge in [-0.3, -0.25) is 4.79 Å². The van der Waals surface area contributed by atoms with Gasteiger partial charge in [0.2, 0.25) is 5.91 Å². The molecular weight excluding hydrogens is 314 g/mol. The maximum atomic E-state index is 12.3. The molecule has 2 aliphatic rings. The molecule has 3 rings (SSSR count). The normalized spacial score (nSPS) is 22.3. The molecule has 0 saturated carbocycles. The van der Waals surface area contributed by atoms with Crippen molar-refractivity contribution in [3.05, 3.63) is 34.9 Å². The molecule has 1 amide bonds. The lowest BCUT2D eigenvalue weighted by Gasteiger charge is -2.50. The molecule has 0 bridgehead atoms. The van der Waals surface area contributed by atoms with E-state index < -0.39 is 0 Å². The highest BCUT2D eigenvalue weighted by molar-refractivity contribution is 6.30. The van der Waals surface area contributed by atoms with Crippen LogP contribution in [0.4, 0.5) is 0 Å². The molecule has 1 spiro atoms. The fourth-order valence-corrected chi connectivity index (χ4v) is 3.76. The van der Waals surface area contributed by atoms with E-state index >= 15 is 0 Å². The van der Waals surface area contributed by atoms with Crippen LogP contribution in [0, 0.1) is 5.92 Å². The molecule has 1 atom stereocenters. The minimum absolute atomic E-state index is 0.103. The predicted molar refractivity (Wildman–Crippen MR) is 89.6 cm³/mol. The van der Waals surface area contributed by atoms with Gasteiger partial charge in [0.1, 0.15) is 5.60 Å². The van der Waals surface area contributed by atoms with E-state index in [0.717, 1.165) is 56.2 Å². The minimum atomic E-state index is -0.103. The number of halogens is 1. The van der Waals surface area contributed by atoms with Crippen LogP contribution in [0.3, 0.4) is 0 Å². The van der Waals surface area contributed by atoms with Crippen molar-refractivity contribution in [2.24, 2.45) is 5.92 Å². The lowest BCUT2D eigenvalue weighted by Crippen LogP contribution is -2.66. The highest BCUT2D eigenvalue weighted by Gasteiger charge is 2.53. The standard InChI is InChI=1S/C18H24ClNO3/c1-22-10-8-15-9-11-23-18(15)12-20(13-18)17(21)7-4-14-2-5-16(19)6-3-14/h2-3,5-6,15H,4,7-13H2,1H3. The van der Waals surface area contributed by atoms with Gasteiger partial charge in [0.15, 0.2) is 0 Å². The highest BCUT2D eigenvalue weighted by Crippen LogP contribution is 2.41. The van der Waals surface area contributed by atoms with E-state index in [-0.39, 0.29) is 11.5 Å². The second-order valence-electron chi connectivity index (χ2n) is 6.56. The van der Waals surface area contributed by atoms with Crippen LogP contribution in [0.1, 0.15) is 24.8 Å². The average Bonchev–Trinajstić information content (AvgIpc) is 2.94. The number of nitrogens with zero attached hydrogens (tertiary/aromatic N) is 1. The van der Waals surface area contributed by atoms with Gasteiger partial charge >= 0.3 is 0 Å². The molecule has 1 unspecified atom stereocenters. The number of hydrogen-bond acceptors (Lipinski definition) is 3. The quantitative estimate of drug-likeness (QED) is 0.801. The number of aryl methyl sites for hydroxylation is 1. The van der Waals surface area contributed by atoms with E-state index in [0.29, 0.717) is 12.3 Å². The molecule has 0 aromatic heterocycles. The van der Waals surface area contributed by atoms with Crippen LogP contribution >= 0.6 is 11.6 Å². The van der Waals surface area contributed by atoms with E-state index in [2.05, 4.69) is 0 Å². The van der Waals surface area contributed by atoms with Crippen LogP contribution in [-0.2, 0) is 20.7 Å². The summed E-state index contributed by atoms with van der Waals surface area (Å²) in [4.78, 5) is 14.3. The Hall–Kier alpha value is -1.10. The van der Waals surface area contributed by atoms with E-state index in [4.69, 9.17) is 21.1 Å². The summed E-state index contributed by atoms with van der Waals surface area (Å²) in [5.41, 5.74) is 1.04. The molecule has 2 fully saturated rings. The van der Waals surface area contributed by atoms with Gasteiger partial charge in [-0.05, 0) is 42.9 Å². The Morgan fingerprint density at radius 2 is 2.13 bits per heavy atom. The fraction of sp³-hybridized carbons (Fsp3) is 0.611. The molecular formula is C18H24ClNO3. The molecule has 2 aliphatic heterocycles. The monoisotopic (exact) mass is 337 g/mol. The van der Waals surface area contributed by atoms with Gasteiger partial charge in [-0.2, -0.15) is 0 Å². The zero-order chi connectivity index (χ0) is 16.3. The lowest BCUT2D eigenvalue weighted by atomic mass is 9.79. The van der Waals surface area contributed by atoms with E-state index in [1.165, 1.54) is 0 Å². The number of benzene rings is 1. The van der Waals surface area contributed by atoms with Crippen molar-refractivity contribution in [1.82, 2.24) is 4.90 Å². The average molecular weight is 338 g/mol. The van der Waals surface area contributed by atoms with Crippen molar-refractivity contribution in [3.63, 3.8) is 0 Å². The minimum Gasteiger partial charge on any atom is -0.385 e. The van der Waals surface area contributed by atoms with E-state index in [1.807, 2.05) is 29.2 Å². The molecule has 0 aliphatic carbocycles. The number of amides is 1. The smallest absolute Gasteiger partial charge is 0.223 e. The Bertz CT molecular complexity index is 540. The highest BCUT2D eigenvalue weighted by atomic mass is 35.5. The molecule has 0 radical (unpaired) electrons. The van der Waals surface area contributed by atoms with Crippen LogP contribution in [0.25, 0.3) is 0 Å². The number of carbonyl (C=O) groups is 1. The Morgan fingerprint density at radius 3 is 2.83 bits per heavy atom. The van der Waals surface area contributed by atoms with Gasteiger partial charge in [0.05, 0.1) is 13.1 Å². The summed E-state index contributed by atoms with van der Waals surface area (Å²) in [5, 5.41) is 0.727. The number of likely N-dealkylation sites (tertiary alicyclic amines) is 1. The topological polar surface area (TPSA) is 38.8 Å². The summed E-state index contributed by atoms with van der Waals surface area (Å²) < 4.78 is 11.2. The van der Waals surface area contributed by atoms with Gasteiger partial charge < -0.3 is 14.4 Å². The zero-order valence-electron chi connectivity index (χ0n) is 13.6. The molecule has 1 aromatic carbocycles. The number of rotatable bonds is 6. The number of carbonyl (C=O) groups excluding carboxylic acids is 1. The number of ether oxygens (including phenoxy) is 2. The Balaban J connectivity index is 1.46. The second kappa shape index (κ2) is 7.20. The molecule has 2 heterocycles. The Kier molecular flexibility index (Phi) is 5.24. The van der Waals surface area contributed by atoms with Crippen molar-refractivity contribution in [1.29, 1.82) is 0 Å². The van der Waals surface area contributed by atoms with Crippen molar-refractivity contribution >= 4 is 17.5 Å². The molecule has 126 valence electrons. The SMILES string of the molecule is COCCC1CCOC12CN(C(=O)CCc1ccc(Cl)cc1)C2. The summed E-state index contributed by atoms with van der Waals surface area (Å²) in [6.45, 7) is 3.04. The molecule has 5 heteroatoms. The Labute approximate surface area is 142 Å². The maximum Gasteiger partial charge on any atom is 0.223 e. The predicted octanol–water partition coefficient (Wildman–Crippen LogP) is 2.93. The van der Waals surface area contributed by atoms with Crippen LogP contribution in [0.15, 0.2) is 24.3 Å².